The summed E-state index contributed by atoms with van der Waals surface area (Å²) in [7, 11) is 0. The predicted molar refractivity (Wildman–Crippen MR) is 62.4 cm³/mol. The molecule has 0 bridgehead atoms. The van der Waals surface area contributed by atoms with Crippen molar-refractivity contribution in [3.8, 4) is 5.75 Å². The van der Waals surface area contributed by atoms with Crippen molar-refractivity contribution in [3.05, 3.63) is 29.8 Å². The minimum absolute atomic E-state index is 0.0469. The molecular formula is C13H18O3. The first-order valence-corrected chi connectivity index (χ1v) is 5.60. The zero-order valence-electron chi connectivity index (χ0n) is 9.61. The maximum atomic E-state index is 11.0. The molecule has 16 heavy (non-hydrogen) atoms. The summed E-state index contributed by atoms with van der Waals surface area (Å²) in [6.45, 7) is 2.48. The Labute approximate surface area is 96.1 Å². The lowest BCUT2D eigenvalue weighted by molar-refractivity contribution is -0.118. The second kappa shape index (κ2) is 7.01. The first-order valence-electron chi connectivity index (χ1n) is 5.60. The molecule has 0 aromatic heterocycles. The standard InChI is InChI=1S/C13H18O3/c1-2-12(15)4-3-9-16-13-7-5-11(10-14)6-8-13/h5-8,14H,2-4,9-10H2,1H3. The zero-order chi connectivity index (χ0) is 11.8. The lowest BCUT2D eigenvalue weighted by Crippen LogP contribution is -2.02. The molecule has 3 nitrogen and oxygen atoms in total. The number of ether oxygens (including phenoxy) is 1. The molecule has 1 N–H and O–H groups in total. The molecule has 88 valence electrons. The Morgan fingerprint density at radius 2 is 2.00 bits per heavy atom. The average molecular weight is 222 g/mol. The van der Waals surface area contributed by atoms with Gasteiger partial charge in [0.05, 0.1) is 13.2 Å². The van der Waals surface area contributed by atoms with Gasteiger partial charge >= 0.3 is 0 Å². The van der Waals surface area contributed by atoms with Gasteiger partial charge < -0.3 is 9.84 Å². The minimum atomic E-state index is 0.0469. The van der Waals surface area contributed by atoms with E-state index in [2.05, 4.69) is 0 Å². The van der Waals surface area contributed by atoms with Crippen molar-refractivity contribution in [1.82, 2.24) is 0 Å². The van der Waals surface area contributed by atoms with Gasteiger partial charge in [0.1, 0.15) is 11.5 Å². The Kier molecular flexibility index (Phi) is 5.57. The maximum absolute atomic E-state index is 11.0. The summed E-state index contributed by atoms with van der Waals surface area (Å²) in [6.07, 6.45) is 1.95. The molecule has 0 aliphatic rings. The minimum Gasteiger partial charge on any atom is -0.494 e. The highest BCUT2D eigenvalue weighted by Crippen LogP contribution is 2.12. The van der Waals surface area contributed by atoms with E-state index in [1.165, 1.54) is 0 Å². The van der Waals surface area contributed by atoms with Gasteiger partial charge in [-0.25, -0.2) is 0 Å². The third kappa shape index (κ3) is 4.45. The van der Waals surface area contributed by atoms with Crippen LogP contribution in [0.3, 0.4) is 0 Å². The predicted octanol–water partition coefficient (Wildman–Crippen LogP) is 2.32. The van der Waals surface area contributed by atoms with Crippen molar-refractivity contribution >= 4 is 5.78 Å². The normalized spacial score (nSPS) is 10.1. The van der Waals surface area contributed by atoms with Crippen LogP contribution in [0.15, 0.2) is 24.3 Å². The Morgan fingerprint density at radius 3 is 2.56 bits per heavy atom. The van der Waals surface area contributed by atoms with Crippen LogP contribution in [-0.2, 0) is 11.4 Å². The van der Waals surface area contributed by atoms with Crippen LogP contribution < -0.4 is 4.74 Å². The fourth-order valence-corrected chi connectivity index (χ4v) is 1.33. The highest BCUT2D eigenvalue weighted by molar-refractivity contribution is 5.77. The Balaban J connectivity index is 2.24. The van der Waals surface area contributed by atoms with Crippen molar-refractivity contribution in [3.63, 3.8) is 0 Å². The van der Waals surface area contributed by atoms with Crippen molar-refractivity contribution in [1.29, 1.82) is 0 Å². The van der Waals surface area contributed by atoms with Crippen molar-refractivity contribution in [2.75, 3.05) is 6.61 Å². The smallest absolute Gasteiger partial charge is 0.132 e. The quantitative estimate of drug-likeness (QED) is 0.720. The van der Waals surface area contributed by atoms with E-state index in [9.17, 15) is 4.79 Å². The molecule has 3 heteroatoms. The molecule has 0 unspecified atom stereocenters. The van der Waals surface area contributed by atoms with E-state index >= 15 is 0 Å². The van der Waals surface area contributed by atoms with E-state index in [1.807, 2.05) is 31.2 Å². The highest BCUT2D eigenvalue weighted by atomic mass is 16.5. The van der Waals surface area contributed by atoms with E-state index in [1.54, 1.807) is 0 Å². The van der Waals surface area contributed by atoms with Crippen LogP contribution in [0.2, 0.25) is 0 Å². The van der Waals surface area contributed by atoms with Crippen molar-refractivity contribution in [2.24, 2.45) is 0 Å². The summed E-state index contributed by atoms with van der Waals surface area (Å²) in [4.78, 5) is 11.0. The van der Waals surface area contributed by atoms with Gasteiger partial charge in [0.15, 0.2) is 0 Å². The van der Waals surface area contributed by atoms with Crippen LogP contribution in [0.25, 0.3) is 0 Å². The number of aliphatic hydroxyl groups excluding tert-OH is 1. The fourth-order valence-electron chi connectivity index (χ4n) is 1.33. The lowest BCUT2D eigenvalue weighted by atomic mass is 10.2. The number of hydrogen-bond donors (Lipinski definition) is 1. The number of Topliss-reactive ketones (excluding diaryl/α,β-unsaturated/α-hetero) is 1. The average Bonchev–Trinajstić information content (AvgIpc) is 2.35. The molecule has 1 aromatic rings. The van der Waals surface area contributed by atoms with Crippen LogP contribution in [0.5, 0.6) is 5.75 Å². The van der Waals surface area contributed by atoms with E-state index in [4.69, 9.17) is 9.84 Å². The topological polar surface area (TPSA) is 46.5 Å². The number of aliphatic hydroxyl groups is 1. The molecule has 1 aromatic carbocycles. The molecule has 0 aliphatic heterocycles. The van der Waals surface area contributed by atoms with Crippen LogP contribution in [-0.4, -0.2) is 17.5 Å². The first kappa shape index (κ1) is 12.7. The molecule has 0 amide bonds. The Bertz CT molecular complexity index is 316. The fraction of sp³-hybridized carbons (Fsp3) is 0.462. The number of carbonyl (C=O) groups is 1. The van der Waals surface area contributed by atoms with Gasteiger partial charge in [-0.2, -0.15) is 0 Å². The van der Waals surface area contributed by atoms with Crippen LogP contribution in [0, 0.1) is 0 Å². The van der Waals surface area contributed by atoms with Gasteiger partial charge in [-0.3, -0.25) is 4.79 Å². The molecule has 0 fully saturated rings. The van der Waals surface area contributed by atoms with Crippen molar-refractivity contribution in [2.45, 2.75) is 32.8 Å². The number of carbonyl (C=O) groups excluding carboxylic acids is 1. The molecule has 0 radical (unpaired) electrons. The molecular weight excluding hydrogens is 204 g/mol. The van der Waals surface area contributed by atoms with Gasteiger partial charge in [-0.05, 0) is 24.1 Å². The molecule has 1 rings (SSSR count). The van der Waals surface area contributed by atoms with E-state index in [-0.39, 0.29) is 12.4 Å². The summed E-state index contributed by atoms with van der Waals surface area (Å²) in [6, 6.07) is 7.31. The molecule has 0 heterocycles. The number of ketones is 1. The number of rotatable bonds is 7. The number of hydrogen-bond acceptors (Lipinski definition) is 3. The van der Waals surface area contributed by atoms with Crippen LogP contribution in [0.4, 0.5) is 0 Å². The third-order valence-corrected chi connectivity index (χ3v) is 2.37. The summed E-state index contributed by atoms with van der Waals surface area (Å²) in [5, 5.41) is 8.85. The maximum Gasteiger partial charge on any atom is 0.132 e. The van der Waals surface area contributed by atoms with Crippen LogP contribution >= 0.6 is 0 Å². The molecule has 0 atom stereocenters. The largest absolute Gasteiger partial charge is 0.494 e. The Morgan fingerprint density at radius 1 is 1.31 bits per heavy atom. The molecule has 0 spiro atoms. The van der Waals surface area contributed by atoms with E-state index in [0.717, 1.165) is 17.7 Å². The third-order valence-electron chi connectivity index (χ3n) is 2.37. The second-order valence-electron chi connectivity index (χ2n) is 3.65. The summed E-state index contributed by atoms with van der Waals surface area (Å²) >= 11 is 0. The monoisotopic (exact) mass is 222 g/mol. The zero-order valence-corrected chi connectivity index (χ0v) is 9.61. The summed E-state index contributed by atoms with van der Waals surface area (Å²) in [5.41, 5.74) is 0.869. The van der Waals surface area contributed by atoms with Crippen molar-refractivity contribution < 1.29 is 14.6 Å². The SMILES string of the molecule is CCC(=O)CCCOc1ccc(CO)cc1. The molecule has 0 saturated carbocycles. The van der Waals surface area contributed by atoms with Gasteiger partial charge in [0.2, 0.25) is 0 Å². The van der Waals surface area contributed by atoms with Gasteiger partial charge in [0, 0.05) is 12.8 Å². The second-order valence-corrected chi connectivity index (χ2v) is 3.65. The van der Waals surface area contributed by atoms with Gasteiger partial charge in [0.25, 0.3) is 0 Å². The molecule has 0 saturated heterocycles. The van der Waals surface area contributed by atoms with E-state index < -0.39 is 0 Å². The summed E-state index contributed by atoms with van der Waals surface area (Å²) in [5.74, 6) is 1.06. The number of benzene rings is 1. The summed E-state index contributed by atoms with van der Waals surface area (Å²) < 4.78 is 5.47. The van der Waals surface area contributed by atoms with Crippen LogP contribution in [0.1, 0.15) is 31.7 Å². The first-order chi connectivity index (χ1) is 7.76. The highest BCUT2D eigenvalue weighted by Gasteiger charge is 1.99. The Hall–Kier alpha value is -1.35. The van der Waals surface area contributed by atoms with E-state index in [0.29, 0.717) is 19.4 Å². The van der Waals surface area contributed by atoms with Gasteiger partial charge in [-0.1, -0.05) is 19.1 Å². The van der Waals surface area contributed by atoms with Gasteiger partial charge in [-0.15, -0.1) is 0 Å². The molecule has 0 aliphatic carbocycles. The lowest BCUT2D eigenvalue weighted by Gasteiger charge is -2.05.